The first kappa shape index (κ1) is 46.0. The Morgan fingerprint density at radius 3 is 1.00 bits per heavy atom. The maximum Gasteiger partial charge on any atom is 0 e. The quantitative estimate of drug-likeness (QED) is 0.472. The summed E-state index contributed by atoms with van der Waals surface area (Å²) in [4.78, 5) is 0. The standard InChI is InChI=1S/B.Co.Mo.H2S/h;;;1H2. The van der Waals surface area contributed by atoms with Gasteiger partial charge in [0.1, 0.15) is 0 Å². The summed E-state index contributed by atoms with van der Waals surface area (Å²) < 4.78 is 0. The van der Waals surface area contributed by atoms with Gasteiger partial charge >= 0.3 is 0 Å². The van der Waals surface area contributed by atoms with Crippen molar-refractivity contribution in [2.75, 3.05) is 0 Å². The van der Waals surface area contributed by atoms with Crippen molar-refractivity contribution in [1.29, 1.82) is 0 Å². The molecular formula is H2BCoMoS. The first-order chi connectivity index (χ1) is 0. The van der Waals surface area contributed by atoms with E-state index in [1.54, 1.807) is 0 Å². The van der Waals surface area contributed by atoms with E-state index >= 15 is 0 Å². The van der Waals surface area contributed by atoms with Crippen LogP contribution in [-0.4, -0.2) is 8.41 Å². The first-order valence-corrected chi connectivity index (χ1v) is 0. The van der Waals surface area contributed by atoms with Crippen molar-refractivity contribution in [3.8, 4) is 0 Å². The zero-order chi connectivity index (χ0) is 0. The van der Waals surface area contributed by atoms with Crippen LogP contribution in [0.2, 0.25) is 0 Å². The Morgan fingerprint density at radius 2 is 1.00 bits per heavy atom. The molecule has 0 spiro atoms. The third-order valence-electron chi connectivity index (χ3n) is 0. The molecule has 0 saturated heterocycles. The summed E-state index contributed by atoms with van der Waals surface area (Å²) in [5.41, 5.74) is 0. The van der Waals surface area contributed by atoms with Gasteiger partial charge in [-0.15, -0.1) is 0 Å². The third kappa shape index (κ3) is 9.49. The average Bonchev–Trinajstić information content (AvgIpc) is 0. The SMILES string of the molecule is S.[B].[Co].[Mo]. The van der Waals surface area contributed by atoms with Gasteiger partial charge in [-0.3, -0.25) is 0 Å². The number of hydrogen-bond acceptors (Lipinski definition) is 0. The van der Waals surface area contributed by atoms with Gasteiger partial charge < -0.3 is 0 Å². The van der Waals surface area contributed by atoms with Crippen LogP contribution in [0.5, 0.6) is 0 Å². The summed E-state index contributed by atoms with van der Waals surface area (Å²) in [6.07, 6.45) is 0. The molecule has 0 rings (SSSR count). The molecular weight excluding hydrogens is 198 g/mol. The van der Waals surface area contributed by atoms with E-state index in [9.17, 15) is 0 Å². The van der Waals surface area contributed by atoms with Gasteiger partial charge in [0.2, 0.25) is 0 Å². The Kier molecular flexibility index (Phi) is 267. The molecule has 0 heterocycles. The van der Waals surface area contributed by atoms with Gasteiger partial charge in [0.05, 0.1) is 0 Å². The minimum Gasteiger partial charge on any atom is -0.197 e. The zero-order valence-electron chi connectivity index (χ0n) is 1.82. The molecule has 0 fully saturated rings. The topological polar surface area (TPSA) is 0 Å². The summed E-state index contributed by atoms with van der Waals surface area (Å²) >= 11 is 0. The van der Waals surface area contributed by atoms with Crippen LogP contribution >= 0.6 is 13.5 Å². The van der Waals surface area contributed by atoms with Gasteiger partial charge in [-0.25, -0.2) is 0 Å². The molecule has 0 aromatic heterocycles. The maximum absolute atomic E-state index is 0. The van der Waals surface area contributed by atoms with Gasteiger partial charge in [0.15, 0.2) is 0 Å². The van der Waals surface area contributed by atoms with Gasteiger partial charge in [0, 0.05) is 46.3 Å². The molecule has 26 valence electrons. The summed E-state index contributed by atoms with van der Waals surface area (Å²) in [6, 6.07) is 0. The average molecular weight is 200 g/mol. The molecule has 0 N–H and O–H groups in total. The van der Waals surface area contributed by atoms with E-state index in [1.165, 1.54) is 0 Å². The Labute approximate surface area is 59.6 Å². The fourth-order valence-electron chi connectivity index (χ4n) is 0. The molecule has 4 heavy (non-hydrogen) atoms. The van der Waals surface area contributed by atoms with Crippen LogP contribution < -0.4 is 0 Å². The molecule has 0 nitrogen and oxygen atoms in total. The van der Waals surface area contributed by atoms with Crippen molar-refractivity contribution in [3.05, 3.63) is 0 Å². The second-order valence-corrected chi connectivity index (χ2v) is 0. The van der Waals surface area contributed by atoms with E-state index in [4.69, 9.17) is 0 Å². The summed E-state index contributed by atoms with van der Waals surface area (Å²) in [5.74, 6) is 0. The summed E-state index contributed by atoms with van der Waals surface area (Å²) in [5, 5.41) is 0. The molecule has 0 aromatic rings. The Morgan fingerprint density at radius 1 is 1.00 bits per heavy atom. The number of hydrogen-bond donors (Lipinski definition) is 0. The van der Waals surface area contributed by atoms with Gasteiger partial charge in [0.25, 0.3) is 0 Å². The van der Waals surface area contributed by atoms with E-state index < -0.39 is 0 Å². The molecule has 0 aliphatic carbocycles. The van der Waals surface area contributed by atoms with Gasteiger partial charge in [-0.2, -0.15) is 13.5 Å². The fraction of sp³-hybridized carbons (Fsp3) is 0. The minimum atomic E-state index is 0. The predicted molar refractivity (Wildman–Crippen MR) is 16.1 cm³/mol. The van der Waals surface area contributed by atoms with Crippen molar-refractivity contribution in [2.45, 2.75) is 0 Å². The maximum atomic E-state index is 0. The van der Waals surface area contributed by atoms with Crippen LogP contribution in [0, 0.1) is 0 Å². The minimum absolute atomic E-state index is 0. The molecule has 0 aliphatic heterocycles. The van der Waals surface area contributed by atoms with Crippen LogP contribution in [0.25, 0.3) is 0 Å². The molecule has 4 heteroatoms. The molecule has 0 aliphatic rings. The number of rotatable bonds is 0. The van der Waals surface area contributed by atoms with Crippen molar-refractivity contribution in [3.63, 3.8) is 0 Å². The summed E-state index contributed by atoms with van der Waals surface area (Å²) in [6.45, 7) is 0. The van der Waals surface area contributed by atoms with Crippen LogP contribution in [-0.2, 0) is 37.8 Å². The fourth-order valence-corrected chi connectivity index (χ4v) is 0. The van der Waals surface area contributed by atoms with Crippen LogP contribution in [0.4, 0.5) is 0 Å². The zero-order valence-corrected chi connectivity index (χ0v) is 5.87. The second-order valence-electron chi connectivity index (χ2n) is 0. The molecule has 0 amide bonds. The second kappa shape index (κ2) is 23.2. The normalized spacial score (nSPS) is 0. The van der Waals surface area contributed by atoms with Crippen LogP contribution in [0.1, 0.15) is 0 Å². The third-order valence-corrected chi connectivity index (χ3v) is 0. The molecule has 0 atom stereocenters. The van der Waals surface area contributed by atoms with E-state index in [0.717, 1.165) is 0 Å². The predicted octanol–water partition coefficient (Wildman–Crippen LogP) is -0.273. The Bertz CT molecular complexity index is 8.00. The first-order valence-electron chi connectivity index (χ1n) is 0. The Hall–Kier alpha value is 1.61. The molecule has 4 radical (unpaired) electrons. The van der Waals surface area contributed by atoms with E-state index in [-0.39, 0.29) is 59.8 Å². The van der Waals surface area contributed by atoms with E-state index in [1.807, 2.05) is 0 Å². The molecule has 0 saturated carbocycles. The molecule has 0 bridgehead atoms. The van der Waals surface area contributed by atoms with Crippen LogP contribution in [0.3, 0.4) is 0 Å². The van der Waals surface area contributed by atoms with Crippen molar-refractivity contribution in [1.82, 2.24) is 0 Å². The molecule has 0 unspecified atom stereocenters. The molecule has 0 aromatic carbocycles. The van der Waals surface area contributed by atoms with Crippen molar-refractivity contribution < 1.29 is 37.8 Å². The summed E-state index contributed by atoms with van der Waals surface area (Å²) in [7, 11) is 0. The van der Waals surface area contributed by atoms with Crippen LogP contribution in [0.15, 0.2) is 0 Å². The monoisotopic (exact) mass is 202 g/mol. The van der Waals surface area contributed by atoms with E-state index in [2.05, 4.69) is 0 Å². The smallest absolute Gasteiger partial charge is 0 e. The largest absolute Gasteiger partial charge is 0.197 e. The van der Waals surface area contributed by atoms with Crippen molar-refractivity contribution in [2.24, 2.45) is 0 Å². The van der Waals surface area contributed by atoms with Gasteiger partial charge in [-0.05, 0) is 0 Å². The van der Waals surface area contributed by atoms with Gasteiger partial charge in [-0.1, -0.05) is 0 Å². The van der Waals surface area contributed by atoms with Crippen molar-refractivity contribution >= 4 is 21.9 Å². The van der Waals surface area contributed by atoms with E-state index in [0.29, 0.717) is 0 Å². The Balaban J connectivity index is 0.